The lowest BCUT2D eigenvalue weighted by Crippen LogP contribution is -2.23. The summed E-state index contributed by atoms with van der Waals surface area (Å²) in [4.78, 5) is 0. The van der Waals surface area contributed by atoms with E-state index in [0.717, 1.165) is 0 Å². The predicted octanol–water partition coefficient (Wildman–Crippen LogP) is 7.33. The third-order valence-electron chi connectivity index (χ3n) is 5.34. The molecule has 0 N–H and O–H groups in total. The molecule has 0 fully saturated rings. The van der Waals surface area contributed by atoms with Gasteiger partial charge >= 0.3 is 0 Å². The van der Waals surface area contributed by atoms with Gasteiger partial charge in [0, 0.05) is 6.42 Å². The van der Waals surface area contributed by atoms with Gasteiger partial charge in [0.15, 0.2) is 0 Å². The molecule has 0 unspecified atom stereocenters. The van der Waals surface area contributed by atoms with Crippen LogP contribution in [0.25, 0.3) is 0 Å². The van der Waals surface area contributed by atoms with Crippen LogP contribution in [0.3, 0.4) is 0 Å². The van der Waals surface area contributed by atoms with Crippen LogP contribution in [0.1, 0.15) is 65.2 Å². The first kappa shape index (κ1) is 20.9. The van der Waals surface area contributed by atoms with Gasteiger partial charge in [0.25, 0.3) is 0 Å². The van der Waals surface area contributed by atoms with E-state index in [1.165, 1.54) is 62.0 Å². The fourth-order valence-corrected chi connectivity index (χ4v) is 7.26. The first-order valence-corrected chi connectivity index (χ1v) is 12.6. The minimum absolute atomic E-state index is 1.23. The van der Waals surface area contributed by atoms with E-state index in [1.807, 2.05) is 0 Å². The van der Waals surface area contributed by atoms with Gasteiger partial charge in [-0.2, -0.15) is 0 Å². The molecule has 0 amide bonds. The fraction of sp³-hybridized carbons (Fsp3) is 0.440. The summed E-state index contributed by atoms with van der Waals surface area (Å²) in [6.07, 6.45) is 13.0. The van der Waals surface area contributed by atoms with Crippen LogP contribution >= 0.6 is 7.26 Å². The minimum atomic E-state index is -1.51. The van der Waals surface area contributed by atoms with Crippen molar-refractivity contribution in [3.63, 3.8) is 0 Å². The molecule has 2 aromatic carbocycles. The van der Waals surface area contributed by atoms with Crippen LogP contribution in [0.4, 0.5) is 0 Å². The van der Waals surface area contributed by atoms with Crippen LogP contribution in [0.2, 0.25) is 0 Å². The zero-order valence-corrected chi connectivity index (χ0v) is 17.8. The molecule has 0 spiro atoms. The standard InChI is InChI=1S/C25H36P/c1-4-6-8-12-18-23(17-11-7-5-2)26(3,24-19-13-9-14-20-24)25-21-15-10-16-22-25/h9-10,13-16,18-22H,4-8,11-12,17H2,1-3H3/q+1/b23-18+. The number of rotatable bonds is 11. The lowest BCUT2D eigenvalue weighted by molar-refractivity contribution is 0.711. The van der Waals surface area contributed by atoms with Crippen molar-refractivity contribution in [1.29, 1.82) is 0 Å². The molecule has 0 saturated heterocycles. The Bertz CT molecular complexity index is 603. The lowest BCUT2D eigenvalue weighted by Gasteiger charge is -2.26. The van der Waals surface area contributed by atoms with E-state index in [0.29, 0.717) is 0 Å². The molecule has 2 aromatic rings. The van der Waals surface area contributed by atoms with Crippen molar-refractivity contribution < 1.29 is 0 Å². The van der Waals surface area contributed by atoms with Crippen LogP contribution in [0.5, 0.6) is 0 Å². The maximum absolute atomic E-state index is 2.61. The summed E-state index contributed by atoms with van der Waals surface area (Å²) in [6, 6.07) is 22.5. The summed E-state index contributed by atoms with van der Waals surface area (Å²) >= 11 is 0. The van der Waals surface area contributed by atoms with Crippen molar-refractivity contribution in [1.82, 2.24) is 0 Å². The average molecular weight is 368 g/mol. The second kappa shape index (κ2) is 11.3. The molecule has 0 radical (unpaired) electrons. The number of hydrogen-bond acceptors (Lipinski definition) is 0. The summed E-state index contributed by atoms with van der Waals surface area (Å²) in [6.45, 7) is 7.12. The molecule has 1 heteroatoms. The average Bonchev–Trinajstić information content (AvgIpc) is 2.70. The van der Waals surface area contributed by atoms with Gasteiger partial charge in [0.05, 0.1) is 12.0 Å². The number of unbranched alkanes of at least 4 members (excludes halogenated alkanes) is 5. The normalized spacial score (nSPS) is 12.3. The van der Waals surface area contributed by atoms with Gasteiger partial charge in [0.2, 0.25) is 0 Å². The Labute approximate surface area is 162 Å². The number of hydrogen-bond donors (Lipinski definition) is 0. The Morgan fingerprint density at radius 2 is 1.23 bits per heavy atom. The lowest BCUT2D eigenvalue weighted by atomic mass is 10.1. The Kier molecular flexibility index (Phi) is 9.13. The van der Waals surface area contributed by atoms with Crippen LogP contribution in [0, 0.1) is 0 Å². The van der Waals surface area contributed by atoms with E-state index in [9.17, 15) is 0 Å². The summed E-state index contributed by atoms with van der Waals surface area (Å²) in [5, 5.41) is 4.74. The molecule has 0 bridgehead atoms. The van der Waals surface area contributed by atoms with Crippen molar-refractivity contribution in [2.75, 3.05) is 6.66 Å². The van der Waals surface area contributed by atoms with Gasteiger partial charge in [0.1, 0.15) is 17.9 Å². The molecule has 0 aromatic heterocycles. The Morgan fingerprint density at radius 3 is 1.73 bits per heavy atom. The summed E-state index contributed by atoms with van der Waals surface area (Å²) in [5.41, 5.74) is 0. The van der Waals surface area contributed by atoms with Crippen LogP contribution < -0.4 is 10.6 Å². The fourth-order valence-electron chi connectivity index (χ4n) is 3.66. The predicted molar refractivity (Wildman–Crippen MR) is 121 cm³/mol. The first-order chi connectivity index (χ1) is 12.7. The SMILES string of the molecule is CCCCC/C=C(\CCCCC)[P+](C)(c1ccccc1)c1ccccc1. The maximum atomic E-state index is 2.61. The van der Waals surface area contributed by atoms with Gasteiger partial charge in [-0.15, -0.1) is 0 Å². The van der Waals surface area contributed by atoms with Crippen molar-refractivity contribution in [3.8, 4) is 0 Å². The van der Waals surface area contributed by atoms with Crippen LogP contribution in [0.15, 0.2) is 72.1 Å². The van der Waals surface area contributed by atoms with Gasteiger partial charge in [-0.3, -0.25) is 0 Å². The smallest absolute Gasteiger partial charge is 0.0654 e. The second-order valence-electron chi connectivity index (χ2n) is 7.33. The van der Waals surface area contributed by atoms with Crippen molar-refractivity contribution in [3.05, 3.63) is 72.1 Å². The topological polar surface area (TPSA) is 0 Å². The summed E-state index contributed by atoms with van der Waals surface area (Å²) in [5.74, 6) is 0. The highest BCUT2D eigenvalue weighted by Crippen LogP contribution is 2.61. The molecule has 0 aliphatic carbocycles. The van der Waals surface area contributed by atoms with E-state index in [-0.39, 0.29) is 0 Å². The summed E-state index contributed by atoms with van der Waals surface area (Å²) in [7, 11) is -1.51. The number of allylic oxidation sites excluding steroid dienone is 2. The zero-order valence-electron chi connectivity index (χ0n) is 17.0. The molecule has 0 atom stereocenters. The van der Waals surface area contributed by atoms with E-state index >= 15 is 0 Å². The van der Waals surface area contributed by atoms with Gasteiger partial charge < -0.3 is 0 Å². The molecular formula is C25H36P+. The van der Waals surface area contributed by atoms with E-state index in [2.05, 4.69) is 87.3 Å². The highest BCUT2D eigenvalue weighted by atomic mass is 31.2. The molecule has 0 saturated carbocycles. The van der Waals surface area contributed by atoms with E-state index in [1.54, 1.807) is 5.31 Å². The molecule has 0 heterocycles. The zero-order chi connectivity index (χ0) is 18.7. The largest absolute Gasteiger partial charge is 0.104 e. The maximum Gasteiger partial charge on any atom is 0.104 e. The molecule has 2 rings (SSSR count). The van der Waals surface area contributed by atoms with Gasteiger partial charge in [-0.05, 0) is 49.6 Å². The number of benzene rings is 2. The van der Waals surface area contributed by atoms with Crippen molar-refractivity contribution >= 4 is 17.9 Å². The molecule has 0 nitrogen and oxygen atoms in total. The summed E-state index contributed by atoms with van der Waals surface area (Å²) < 4.78 is 0. The van der Waals surface area contributed by atoms with Gasteiger partial charge in [-0.1, -0.05) is 75.9 Å². The quantitative estimate of drug-likeness (QED) is 0.288. The second-order valence-corrected chi connectivity index (χ2v) is 10.9. The Balaban J connectivity index is 2.43. The minimum Gasteiger partial charge on any atom is -0.0654 e. The van der Waals surface area contributed by atoms with E-state index < -0.39 is 7.26 Å². The van der Waals surface area contributed by atoms with Gasteiger partial charge in [-0.25, -0.2) is 0 Å². The van der Waals surface area contributed by atoms with Crippen molar-refractivity contribution in [2.45, 2.75) is 65.2 Å². The van der Waals surface area contributed by atoms with Crippen molar-refractivity contribution in [2.24, 2.45) is 0 Å². The molecule has 26 heavy (non-hydrogen) atoms. The highest BCUT2D eigenvalue weighted by Gasteiger charge is 2.41. The Morgan fingerprint density at radius 1 is 0.731 bits per heavy atom. The molecule has 0 aliphatic heterocycles. The molecular weight excluding hydrogens is 331 g/mol. The Hall–Kier alpha value is -1.39. The van der Waals surface area contributed by atoms with E-state index in [4.69, 9.17) is 0 Å². The third-order valence-corrected chi connectivity index (χ3v) is 9.56. The van der Waals surface area contributed by atoms with Crippen LogP contribution in [-0.4, -0.2) is 6.66 Å². The molecule has 0 aliphatic rings. The highest BCUT2D eigenvalue weighted by molar-refractivity contribution is 7.92. The molecule has 140 valence electrons. The first-order valence-electron chi connectivity index (χ1n) is 10.4. The third kappa shape index (κ3) is 5.55. The monoisotopic (exact) mass is 367 g/mol. The van der Waals surface area contributed by atoms with Crippen LogP contribution in [-0.2, 0) is 0 Å².